The van der Waals surface area contributed by atoms with E-state index >= 15 is 0 Å². The maximum Gasteiger partial charge on any atom is 0.305 e. The summed E-state index contributed by atoms with van der Waals surface area (Å²) in [6, 6.07) is -10.0. The van der Waals surface area contributed by atoms with Crippen molar-refractivity contribution in [3.8, 4) is 0 Å². The van der Waals surface area contributed by atoms with E-state index < -0.39 is 169 Å². The Hall–Kier alpha value is -9.31. The molecule has 0 aliphatic heterocycles. The number of hydrogen-bond acceptors (Lipinski definition) is 21. The van der Waals surface area contributed by atoms with E-state index in [1.54, 1.807) is 30.5 Å². The summed E-state index contributed by atoms with van der Waals surface area (Å²) in [7, 11) is 0. The summed E-state index contributed by atoms with van der Waals surface area (Å²) < 4.78 is 0. The molecule has 0 bridgehead atoms. The zero-order valence-electron chi connectivity index (χ0n) is 50.9. The molecule has 3 rings (SSSR count). The number of fused-ring (bicyclic) bond motifs is 1. The molecule has 2 aromatic heterocycles. The number of guanidine groups is 2. The molecule has 514 valence electrons. The average Bonchev–Trinajstić information content (AvgIpc) is 1.75. The number of benzene rings is 1. The van der Waals surface area contributed by atoms with Gasteiger partial charge in [0, 0.05) is 60.7 Å². The van der Waals surface area contributed by atoms with E-state index in [4.69, 9.17) is 39.5 Å². The summed E-state index contributed by atoms with van der Waals surface area (Å²) in [5.74, 6) is -14.0. The second-order valence-electron chi connectivity index (χ2n) is 21.2. The van der Waals surface area contributed by atoms with Crippen LogP contribution in [0.3, 0.4) is 0 Å². The highest BCUT2D eigenvalue weighted by molar-refractivity contribution is 7.80. The third-order valence-electron chi connectivity index (χ3n) is 13.9. The molecule has 0 saturated carbocycles. The predicted molar refractivity (Wildman–Crippen MR) is 342 cm³/mol. The first kappa shape index (κ1) is 77.9. The molecule has 0 aliphatic rings. The van der Waals surface area contributed by atoms with E-state index in [0.717, 1.165) is 0 Å². The lowest BCUT2D eigenvalue weighted by Gasteiger charge is -2.28. The minimum absolute atomic E-state index is 0.0166. The molecule has 3 aromatic rings. The minimum atomic E-state index is -2.01. The van der Waals surface area contributed by atoms with Gasteiger partial charge >= 0.3 is 5.97 Å². The van der Waals surface area contributed by atoms with Gasteiger partial charge < -0.3 is 118 Å². The molecule has 0 radical (unpaired) electrons. The SMILES string of the molecule is C[C@H](NC(=O)[C@H](Cc1c[nH]cn1)NC(=O)[C@H](CC(=O)O)NC(=O)[C@H](CCCNC(=N)N)NC(=O)[C@H](Cc1c[nH]c2ccccc12)NC(=O)[C@H](CCCCN)NC(=O)[C@H](CO)NC(=O)[C@@H](N)CO)C(=O)N[C@@H](CCCNC(=N)N)C(=O)N[C@@H](CS)C(=O)N[C@@H](CS)C(N)=O. The van der Waals surface area contributed by atoms with Gasteiger partial charge in [0.05, 0.1) is 31.7 Å². The number of carbonyl (C=O) groups excluding carboxylic acids is 11. The Morgan fingerprint density at radius 1 is 0.548 bits per heavy atom. The van der Waals surface area contributed by atoms with Gasteiger partial charge in [0.1, 0.15) is 66.5 Å². The number of nitrogens with two attached hydrogens (primary N) is 5. The number of nitrogens with zero attached hydrogens (tertiary/aromatic N) is 1. The maximum atomic E-state index is 14.8. The second kappa shape index (κ2) is 40.5. The Labute approximate surface area is 544 Å². The van der Waals surface area contributed by atoms with E-state index in [2.05, 4.69) is 104 Å². The molecule has 1 aromatic carbocycles. The molecule has 0 unspecified atom stereocenters. The summed E-state index contributed by atoms with van der Waals surface area (Å²) in [6.07, 6.45) is 2.61. The molecule has 93 heavy (non-hydrogen) atoms. The zero-order valence-corrected chi connectivity index (χ0v) is 52.7. The van der Waals surface area contributed by atoms with Crippen molar-refractivity contribution >= 4 is 119 Å². The average molecular weight is 1350 g/mol. The molecule has 0 spiro atoms. The molecule has 39 heteroatoms. The van der Waals surface area contributed by atoms with Gasteiger partial charge in [-0.25, -0.2) is 4.98 Å². The highest BCUT2D eigenvalue weighted by Crippen LogP contribution is 2.20. The highest BCUT2D eigenvalue weighted by atomic mass is 32.1. The fourth-order valence-electron chi connectivity index (χ4n) is 8.83. The number of carboxylic acid groups (broad SMARTS) is 1. The normalized spacial score (nSPS) is 14.6. The third kappa shape index (κ3) is 27.2. The van der Waals surface area contributed by atoms with Crippen molar-refractivity contribution in [3.63, 3.8) is 0 Å². The number of rotatable bonds is 43. The summed E-state index contributed by atoms with van der Waals surface area (Å²) in [5, 5.41) is 74.6. The topological polar surface area (TPSA) is 632 Å². The van der Waals surface area contributed by atoms with Crippen LogP contribution in [0.4, 0.5) is 0 Å². The molecule has 29 N–H and O–H groups in total. The Balaban J connectivity index is 1.98. The van der Waals surface area contributed by atoms with Crippen LogP contribution in [0.1, 0.15) is 69.5 Å². The quantitative estimate of drug-likeness (QED) is 0.0108. The van der Waals surface area contributed by atoms with E-state index in [9.17, 15) is 72.9 Å². The van der Waals surface area contributed by atoms with Crippen LogP contribution >= 0.6 is 25.3 Å². The lowest BCUT2D eigenvalue weighted by molar-refractivity contribution is -0.141. The van der Waals surface area contributed by atoms with E-state index in [1.165, 1.54) is 19.4 Å². The number of unbranched alkanes of at least 4 members (excludes halogenated alkanes) is 1. The van der Waals surface area contributed by atoms with Crippen LogP contribution in [0.25, 0.3) is 10.9 Å². The summed E-state index contributed by atoms with van der Waals surface area (Å²) in [5.41, 5.74) is 28.8. The Morgan fingerprint density at radius 2 is 1.00 bits per heavy atom. The van der Waals surface area contributed by atoms with E-state index in [1.807, 2.05) is 0 Å². The smallest absolute Gasteiger partial charge is 0.305 e. The second-order valence-corrected chi connectivity index (χ2v) is 21.9. The zero-order chi connectivity index (χ0) is 69.3. The molecule has 37 nitrogen and oxygen atoms in total. The Bertz CT molecular complexity index is 3050. The number of thiol groups is 2. The van der Waals surface area contributed by atoms with Crippen molar-refractivity contribution < 1.29 is 72.9 Å². The molecule has 11 amide bonds. The number of primary amides is 1. The van der Waals surface area contributed by atoms with E-state index in [0.29, 0.717) is 22.9 Å². The number of carboxylic acids is 1. The van der Waals surface area contributed by atoms with Crippen molar-refractivity contribution in [1.82, 2.24) is 78.8 Å². The summed E-state index contributed by atoms with van der Waals surface area (Å²) in [6.45, 7) is -0.334. The number of aromatic nitrogens is 3. The van der Waals surface area contributed by atoms with Gasteiger partial charge in [0.25, 0.3) is 0 Å². The number of nitrogens with one attached hydrogen (secondary N) is 16. The molecular formula is C54H86N22O15S2. The van der Waals surface area contributed by atoms with Crippen LogP contribution in [0, 0.1) is 10.8 Å². The fraction of sp³-hybridized carbons (Fsp3) is 0.537. The predicted octanol–water partition coefficient (Wildman–Crippen LogP) is -8.67. The van der Waals surface area contributed by atoms with Gasteiger partial charge in [-0.2, -0.15) is 25.3 Å². The van der Waals surface area contributed by atoms with Crippen molar-refractivity contribution in [3.05, 3.63) is 54.2 Å². The largest absolute Gasteiger partial charge is 0.481 e. The standard InChI is InChI=1S/C54H86N22O15S2/c1-26(43(82)68-33(11-6-14-63-53(58)59)47(86)76-40(24-93)52(91)75-39(23-92)42(57)81)67-48(87)36(17-28-20-62-25-66-28)72-50(89)37(18-41(79)80)73-46(85)34(12-7-15-64-54(60)61)69-49(88)35(16-27-19-65-31-9-3-2-8-29(27)31)71-45(84)32(10-4-5-13-55)70-51(90)38(22-78)74-44(83)30(56)21-77/h2-3,8-9,19-20,25-26,30,32-40,65,77-78,92-93H,4-7,10-18,21-24,55-56H2,1H3,(H2,57,81)(H,62,66)(H,67,87)(H,68,82)(H,69,88)(H,70,90)(H,71,84)(H,72,89)(H,73,85)(H,74,83)(H,75,91)(H,76,86)(H,79,80)(H4,58,59,63)(H4,60,61,64)/t26-,30-,32-,33-,34-,35-,36-,37-,38-,39-,40-/m0/s1. The molecular weight excluding hydrogens is 1260 g/mol. The van der Waals surface area contributed by atoms with Gasteiger partial charge in [0.15, 0.2) is 11.9 Å². The van der Waals surface area contributed by atoms with Crippen LogP contribution in [-0.2, 0) is 70.4 Å². The van der Waals surface area contributed by atoms with Crippen LogP contribution in [-0.4, -0.2) is 224 Å². The van der Waals surface area contributed by atoms with Gasteiger partial charge in [-0.05, 0) is 70.0 Å². The van der Waals surface area contributed by atoms with Crippen molar-refractivity contribution in [2.75, 3.05) is 44.4 Å². The van der Waals surface area contributed by atoms with Gasteiger partial charge in [-0.3, -0.25) is 68.4 Å². The monoisotopic (exact) mass is 1350 g/mol. The van der Waals surface area contributed by atoms with E-state index in [-0.39, 0.29) is 87.7 Å². The number of H-pyrrole nitrogens is 2. The number of hydrogen-bond donors (Lipinski definition) is 26. The van der Waals surface area contributed by atoms with Gasteiger partial charge in [0.2, 0.25) is 65.0 Å². The number of imidazole rings is 1. The third-order valence-corrected chi connectivity index (χ3v) is 14.7. The highest BCUT2D eigenvalue weighted by Gasteiger charge is 2.36. The Kier molecular flexibility index (Phi) is 34.0. The van der Waals surface area contributed by atoms with Crippen LogP contribution < -0.4 is 92.5 Å². The van der Waals surface area contributed by atoms with Crippen LogP contribution in [0.15, 0.2) is 43.0 Å². The minimum Gasteiger partial charge on any atom is -0.481 e. The number of amides is 11. The van der Waals surface area contributed by atoms with Crippen molar-refractivity contribution in [1.29, 1.82) is 10.8 Å². The number of aliphatic hydroxyl groups excluding tert-OH is 2. The van der Waals surface area contributed by atoms with Gasteiger partial charge in [-0.1, -0.05) is 18.2 Å². The number of aromatic amines is 2. The maximum absolute atomic E-state index is 14.8. The summed E-state index contributed by atoms with van der Waals surface area (Å²) in [4.78, 5) is 173. The number of carbonyl (C=O) groups is 12. The van der Waals surface area contributed by atoms with Crippen molar-refractivity contribution in [2.45, 2.75) is 138 Å². The van der Waals surface area contributed by atoms with Crippen LogP contribution in [0.5, 0.6) is 0 Å². The molecule has 2 heterocycles. The number of para-hydroxylation sites is 1. The first-order chi connectivity index (χ1) is 44.2. The molecule has 0 fully saturated rings. The molecule has 0 saturated heterocycles. The van der Waals surface area contributed by atoms with Crippen LogP contribution in [0.2, 0.25) is 0 Å². The van der Waals surface area contributed by atoms with Crippen molar-refractivity contribution in [2.24, 2.45) is 28.7 Å². The lowest BCUT2D eigenvalue weighted by atomic mass is 10.0. The number of aliphatic hydroxyl groups is 2. The Morgan fingerprint density at radius 3 is 1.51 bits per heavy atom. The first-order valence-electron chi connectivity index (χ1n) is 29.3. The molecule has 11 atom stereocenters. The first-order valence-corrected chi connectivity index (χ1v) is 30.6. The fourth-order valence-corrected chi connectivity index (χ4v) is 9.36. The summed E-state index contributed by atoms with van der Waals surface area (Å²) >= 11 is 8.14. The van der Waals surface area contributed by atoms with Gasteiger partial charge in [-0.15, -0.1) is 0 Å². The lowest BCUT2D eigenvalue weighted by Crippen LogP contribution is -2.61. The number of aliphatic carboxylic acids is 1. The molecule has 0 aliphatic carbocycles.